The predicted molar refractivity (Wildman–Crippen MR) is 85.3 cm³/mol. The zero-order valence-corrected chi connectivity index (χ0v) is 14.0. The second kappa shape index (κ2) is 7.59. The minimum Gasteiger partial charge on any atom is -0.446 e. The SMILES string of the molecule is COC(C)(C)O[C@H](COC(=O)n1ccnc1)c1ccccc1Cl. The van der Waals surface area contributed by atoms with Crippen molar-refractivity contribution < 1.29 is 19.0 Å². The minimum absolute atomic E-state index is 0.00641. The molecule has 7 heteroatoms. The van der Waals surface area contributed by atoms with Gasteiger partial charge in [-0.3, -0.25) is 0 Å². The summed E-state index contributed by atoms with van der Waals surface area (Å²) >= 11 is 6.23. The molecule has 0 bridgehead atoms. The summed E-state index contributed by atoms with van der Waals surface area (Å²) in [5.41, 5.74) is 0.720. The van der Waals surface area contributed by atoms with Crippen LogP contribution in [0.15, 0.2) is 43.0 Å². The fourth-order valence-electron chi connectivity index (χ4n) is 1.90. The van der Waals surface area contributed by atoms with Crippen LogP contribution in [0.25, 0.3) is 0 Å². The van der Waals surface area contributed by atoms with Crippen LogP contribution in [0.5, 0.6) is 0 Å². The van der Waals surface area contributed by atoms with Crippen LogP contribution in [-0.2, 0) is 14.2 Å². The van der Waals surface area contributed by atoms with Gasteiger partial charge in [0.2, 0.25) is 0 Å². The zero-order valence-electron chi connectivity index (χ0n) is 13.2. The number of benzene rings is 1. The van der Waals surface area contributed by atoms with E-state index >= 15 is 0 Å². The lowest BCUT2D eigenvalue weighted by Crippen LogP contribution is -2.31. The maximum Gasteiger partial charge on any atom is 0.419 e. The van der Waals surface area contributed by atoms with Crippen LogP contribution in [0.4, 0.5) is 4.79 Å². The third-order valence-electron chi connectivity index (χ3n) is 3.24. The Morgan fingerprint density at radius 2 is 2.13 bits per heavy atom. The maximum absolute atomic E-state index is 11.9. The quantitative estimate of drug-likeness (QED) is 0.752. The first-order valence-electron chi connectivity index (χ1n) is 7.05. The van der Waals surface area contributed by atoms with Gasteiger partial charge in [0.1, 0.15) is 19.0 Å². The minimum atomic E-state index is -0.856. The third kappa shape index (κ3) is 4.79. The van der Waals surface area contributed by atoms with Crippen LogP contribution in [0.2, 0.25) is 5.02 Å². The van der Waals surface area contributed by atoms with E-state index in [2.05, 4.69) is 4.98 Å². The Labute approximate surface area is 139 Å². The molecular weight excluding hydrogens is 320 g/mol. The van der Waals surface area contributed by atoms with Crippen molar-refractivity contribution in [2.24, 2.45) is 0 Å². The smallest absolute Gasteiger partial charge is 0.419 e. The van der Waals surface area contributed by atoms with Gasteiger partial charge in [-0.05, 0) is 19.9 Å². The van der Waals surface area contributed by atoms with Crippen LogP contribution in [-0.4, -0.2) is 35.1 Å². The summed E-state index contributed by atoms with van der Waals surface area (Å²) in [5, 5.41) is 0.531. The first-order chi connectivity index (χ1) is 10.9. The van der Waals surface area contributed by atoms with Gasteiger partial charge >= 0.3 is 6.09 Å². The van der Waals surface area contributed by atoms with E-state index in [4.69, 9.17) is 25.8 Å². The number of hydrogen-bond acceptors (Lipinski definition) is 5. The van der Waals surface area contributed by atoms with Crippen LogP contribution in [0.3, 0.4) is 0 Å². The average molecular weight is 339 g/mol. The standard InChI is InChI=1S/C16H19ClN2O4/c1-16(2,21-3)23-14(12-6-4-5-7-13(12)17)10-22-15(20)19-9-8-18-11-19/h4-9,11,14H,10H2,1-3H3/t14-/m1/s1. The molecule has 2 aromatic rings. The van der Waals surface area contributed by atoms with E-state index in [0.29, 0.717) is 5.02 Å². The molecule has 23 heavy (non-hydrogen) atoms. The van der Waals surface area contributed by atoms with Crippen LogP contribution in [0.1, 0.15) is 25.5 Å². The molecule has 0 aliphatic carbocycles. The lowest BCUT2D eigenvalue weighted by Gasteiger charge is -2.30. The van der Waals surface area contributed by atoms with Crippen molar-refractivity contribution in [3.63, 3.8) is 0 Å². The van der Waals surface area contributed by atoms with Gasteiger partial charge < -0.3 is 14.2 Å². The summed E-state index contributed by atoms with van der Waals surface area (Å²) in [6.07, 6.45) is 3.26. The Morgan fingerprint density at radius 1 is 1.39 bits per heavy atom. The van der Waals surface area contributed by atoms with Crippen LogP contribution < -0.4 is 0 Å². The second-order valence-electron chi connectivity index (χ2n) is 5.28. The highest BCUT2D eigenvalue weighted by Gasteiger charge is 2.27. The highest BCUT2D eigenvalue weighted by molar-refractivity contribution is 6.31. The molecule has 0 N–H and O–H groups in total. The molecule has 0 fully saturated rings. The lowest BCUT2D eigenvalue weighted by molar-refractivity contribution is -0.231. The number of carbonyl (C=O) groups excluding carboxylic acids is 1. The van der Waals surface area contributed by atoms with E-state index in [1.54, 1.807) is 27.0 Å². The molecule has 2 rings (SSSR count). The highest BCUT2D eigenvalue weighted by Crippen LogP contribution is 2.30. The third-order valence-corrected chi connectivity index (χ3v) is 3.59. The molecule has 0 amide bonds. The Hall–Kier alpha value is -1.89. The van der Waals surface area contributed by atoms with Gasteiger partial charge in [-0.25, -0.2) is 14.3 Å². The van der Waals surface area contributed by atoms with Crippen molar-refractivity contribution in [3.8, 4) is 0 Å². The van der Waals surface area contributed by atoms with Gasteiger partial charge in [0.05, 0.1) is 0 Å². The average Bonchev–Trinajstić information content (AvgIpc) is 3.06. The molecule has 0 radical (unpaired) electrons. The van der Waals surface area contributed by atoms with E-state index in [9.17, 15) is 4.79 Å². The van der Waals surface area contributed by atoms with E-state index in [-0.39, 0.29) is 6.61 Å². The summed E-state index contributed by atoms with van der Waals surface area (Å²) in [6, 6.07) is 7.24. The monoisotopic (exact) mass is 338 g/mol. The van der Waals surface area contributed by atoms with Gasteiger partial charge in [-0.15, -0.1) is 0 Å². The predicted octanol–water partition coefficient (Wildman–Crippen LogP) is 3.66. The topological polar surface area (TPSA) is 62.6 Å². The van der Waals surface area contributed by atoms with Gasteiger partial charge in [-0.1, -0.05) is 29.8 Å². The molecule has 0 spiro atoms. The summed E-state index contributed by atoms with van der Waals surface area (Å²) in [4.78, 5) is 15.7. The molecule has 0 saturated heterocycles. The summed E-state index contributed by atoms with van der Waals surface area (Å²) < 4.78 is 17.7. The Morgan fingerprint density at radius 3 is 2.74 bits per heavy atom. The number of hydrogen-bond donors (Lipinski definition) is 0. The van der Waals surface area contributed by atoms with Gasteiger partial charge in [0.25, 0.3) is 0 Å². The lowest BCUT2D eigenvalue weighted by atomic mass is 10.1. The van der Waals surface area contributed by atoms with Gasteiger partial charge in [-0.2, -0.15) is 0 Å². The molecule has 124 valence electrons. The van der Waals surface area contributed by atoms with Gasteiger partial charge in [0, 0.05) is 30.1 Å². The number of methoxy groups -OCH3 is 1. The number of imidazole rings is 1. The number of nitrogens with zero attached hydrogens (tertiary/aromatic N) is 2. The molecule has 1 atom stereocenters. The molecule has 0 aliphatic heterocycles. The summed E-state index contributed by atoms with van der Waals surface area (Å²) in [6.45, 7) is 3.54. The highest BCUT2D eigenvalue weighted by atomic mass is 35.5. The van der Waals surface area contributed by atoms with Crippen LogP contribution >= 0.6 is 11.6 Å². The number of rotatable bonds is 6. The normalized spacial score (nSPS) is 12.9. The zero-order chi connectivity index (χ0) is 16.9. The molecule has 1 aromatic heterocycles. The molecule has 0 unspecified atom stereocenters. The van der Waals surface area contributed by atoms with Crippen molar-refractivity contribution in [2.45, 2.75) is 25.7 Å². The molecule has 6 nitrogen and oxygen atoms in total. The number of ether oxygens (including phenoxy) is 3. The largest absolute Gasteiger partial charge is 0.446 e. The summed E-state index contributed by atoms with van der Waals surface area (Å²) in [5.74, 6) is -0.856. The number of carbonyl (C=O) groups is 1. The number of halogens is 1. The molecule has 1 heterocycles. The Kier molecular flexibility index (Phi) is 5.76. The molecule has 1 aromatic carbocycles. The van der Waals surface area contributed by atoms with E-state index < -0.39 is 18.0 Å². The first kappa shape index (κ1) is 17.5. The maximum atomic E-state index is 11.9. The first-order valence-corrected chi connectivity index (χ1v) is 7.43. The molecule has 0 aliphatic rings. The van der Waals surface area contributed by atoms with Gasteiger partial charge in [0.15, 0.2) is 5.79 Å². The molecular formula is C16H19ClN2O4. The Bertz CT molecular complexity index is 643. The van der Waals surface area contributed by atoms with E-state index in [1.807, 2.05) is 18.2 Å². The molecule has 0 saturated carbocycles. The van der Waals surface area contributed by atoms with Crippen molar-refractivity contribution in [3.05, 3.63) is 53.6 Å². The second-order valence-corrected chi connectivity index (χ2v) is 5.69. The fraction of sp³-hybridized carbons (Fsp3) is 0.375. The number of aromatic nitrogens is 2. The fourth-order valence-corrected chi connectivity index (χ4v) is 2.16. The van der Waals surface area contributed by atoms with Crippen molar-refractivity contribution in [2.75, 3.05) is 13.7 Å². The Balaban J connectivity index is 2.14. The van der Waals surface area contributed by atoms with E-state index in [1.165, 1.54) is 23.3 Å². The van der Waals surface area contributed by atoms with Crippen molar-refractivity contribution in [1.29, 1.82) is 0 Å². The summed E-state index contributed by atoms with van der Waals surface area (Å²) in [7, 11) is 1.54. The van der Waals surface area contributed by atoms with Crippen molar-refractivity contribution in [1.82, 2.24) is 9.55 Å². The van der Waals surface area contributed by atoms with Crippen molar-refractivity contribution >= 4 is 17.7 Å². The van der Waals surface area contributed by atoms with E-state index in [0.717, 1.165) is 5.56 Å². The van der Waals surface area contributed by atoms with Crippen LogP contribution in [0, 0.1) is 0 Å².